The van der Waals surface area contributed by atoms with Crippen molar-refractivity contribution in [3.63, 3.8) is 0 Å². The zero-order valence-electron chi connectivity index (χ0n) is 28.6. The molecule has 11 nitrogen and oxygen atoms in total. The molecule has 1 aliphatic heterocycles. The van der Waals surface area contributed by atoms with Crippen molar-refractivity contribution in [2.75, 3.05) is 19.7 Å². The fourth-order valence-corrected chi connectivity index (χ4v) is 6.22. The van der Waals surface area contributed by atoms with E-state index >= 15 is 4.39 Å². The summed E-state index contributed by atoms with van der Waals surface area (Å²) in [5.74, 6) is 0.0560. The van der Waals surface area contributed by atoms with Crippen molar-refractivity contribution in [2.24, 2.45) is 0 Å². The van der Waals surface area contributed by atoms with Gasteiger partial charge in [0.25, 0.3) is 0 Å². The lowest BCUT2D eigenvalue weighted by atomic mass is 10.0. The number of pyridine rings is 2. The van der Waals surface area contributed by atoms with Crippen LogP contribution in [0.5, 0.6) is 5.75 Å². The highest BCUT2D eigenvalue weighted by molar-refractivity contribution is 6.74. The second-order valence-corrected chi connectivity index (χ2v) is 19.4. The van der Waals surface area contributed by atoms with E-state index < -0.39 is 44.1 Å². The van der Waals surface area contributed by atoms with Gasteiger partial charge in [-0.15, -0.1) is 5.10 Å². The summed E-state index contributed by atoms with van der Waals surface area (Å²) < 4.78 is 51.2. The Balaban J connectivity index is 1.42. The number of fused-ring (bicyclic) bond motifs is 1. The highest BCUT2D eigenvalue weighted by Gasteiger charge is 2.39. The van der Waals surface area contributed by atoms with Crippen molar-refractivity contribution in [1.82, 2.24) is 34.5 Å². The van der Waals surface area contributed by atoms with Gasteiger partial charge >= 0.3 is 6.09 Å². The summed E-state index contributed by atoms with van der Waals surface area (Å²) in [5.41, 5.74) is 2.45. The number of likely N-dealkylation sites (tertiary alicyclic amines) is 1. The van der Waals surface area contributed by atoms with E-state index in [-0.39, 0.29) is 18.2 Å². The van der Waals surface area contributed by atoms with Crippen LogP contribution in [0.25, 0.3) is 16.8 Å². The molecule has 1 fully saturated rings. The van der Waals surface area contributed by atoms with Crippen molar-refractivity contribution in [1.29, 1.82) is 0 Å². The Morgan fingerprint density at radius 2 is 1.89 bits per heavy atom. The lowest BCUT2D eigenvalue weighted by Gasteiger charge is -2.37. The Bertz CT molecular complexity index is 1710. The first kappa shape index (κ1) is 34.4. The van der Waals surface area contributed by atoms with E-state index in [0.29, 0.717) is 46.9 Å². The molecule has 1 amide bonds. The van der Waals surface area contributed by atoms with E-state index in [0.717, 1.165) is 0 Å². The van der Waals surface area contributed by atoms with Crippen LogP contribution in [0.4, 0.5) is 13.6 Å². The second kappa shape index (κ2) is 12.9. The zero-order chi connectivity index (χ0) is 34.3. The first-order chi connectivity index (χ1) is 21.9. The molecule has 1 aliphatic rings. The number of alkyl halides is 1. The zero-order valence-corrected chi connectivity index (χ0v) is 29.6. The molecule has 14 heteroatoms. The molecule has 4 aromatic heterocycles. The Morgan fingerprint density at radius 1 is 1.15 bits per heavy atom. The molecule has 0 saturated carbocycles. The molecule has 0 bridgehead atoms. The van der Waals surface area contributed by atoms with Gasteiger partial charge in [-0.2, -0.15) is 5.10 Å². The summed E-state index contributed by atoms with van der Waals surface area (Å²) in [6, 6.07) is 6.04. The first-order valence-corrected chi connectivity index (χ1v) is 18.8. The largest absolute Gasteiger partial charge is 0.479 e. The first-order valence-electron chi connectivity index (χ1n) is 15.9. The van der Waals surface area contributed by atoms with E-state index in [1.165, 1.54) is 17.2 Å². The van der Waals surface area contributed by atoms with Gasteiger partial charge in [0.15, 0.2) is 14.4 Å². The molecule has 47 heavy (non-hydrogen) atoms. The van der Waals surface area contributed by atoms with E-state index in [4.69, 9.17) is 13.9 Å². The molecule has 3 atom stereocenters. The van der Waals surface area contributed by atoms with Crippen LogP contribution in [0.3, 0.4) is 0 Å². The molecule has 0 aromatic carbocycles. The number of aromatic nitrogens is 6. The van der Waals surface area contributed by atoms with Crippen molar-refractivity contribution < 1.29 is 27.5 Å². The number of hydrogen-bond acceptors (Lipinski definition) is 8. The van der Waals surface area contributed by atoms with Crippen LogP contribution in [0, 0.1) is 12.7 Å². The van der Waals surface area contributed by atoms with E-state index in [2.05, 4.69) is 54.3 Å². The van der Waals surface area contributed by atoms with Gasteiger partial charge in [0.1, 0.15) is 34.6 Å². The van der Waals surface area contributed by atoms with Crippen LogP contribution in [0.15, 0.2) is 42.9 Å². The molecule has 254 valence electrons. The topological polar surface area (TPSA) is 109 Å². The summed E-state index contributed by atoms with van der Waals surface area (Å²) in [6.07, 6.45) is 2.48. The number of nitrogens with zero attached hydrogens (tertiary/aromatic N) is 7. The molecule has 0 N–H and O–H groups in total. The van der Waals surface area contributed by atoms with E-state index in [1.54, 1.807) is 42.2 Å². The average molecular weight is 670 g/mol. The third kappa shape index (κ3) is 7.64. The normalized spacial score (nSPS) is 18.4. The van der Waals surface area contributed by atoms with Gasteiger partial charge in [-0.1, -0.05) is 26.0 Å². The third-order valence-corrected chi connectivity index (χ3v) is 13.4. The van der Waals surface area contributed by atoms with Crippen molar-refractivity contribution >= 4 is 19.9 Å². The number of halogens is 2. The lowest BCUT2D eigenvalue weighted by Crippen LogP contribution is -2.47. The molecule has 0 spiro atoms. The standard InChI is InChI=1S/C33H45F2N7O4Si/c1-21-30(38-39-42(21)26-13-15-40(19-24(26)35)31(43)46-32(2,3)4)22-16-28(27-12-14-37-41(27)18-22)45-29(25-11-10-23(34)17-36-25)20-44-47(8,9)33(5,6)7/h10-12,14,16-18,24,26,29H,13,15,19-20H2,1-9H3/t24-,26+,29?/m0/s1. The Kier molecular flexibility index (Phi) is 9.48. The monoisotopic (exact) mass is 669 g/mol. The number of carbonyl (C=O) groups is 1. The van der Waals surface area contributed by atoms with Crippen molar-refractivity contribution in [3.05, 3.63) is 60.1 Å². The van der Waals surface area contributed by atoms with Gasteiger partial charge in [-0.05, 0) is 76.5 Å². The minimum absolute atomic E-state index is 0.0271. The molecular formula is C33H45F2N7O4Si. The highest BCUT2D eigenvalue weighted by atomic mass is 28.4. The van der Waals surface area contributed by atoms with Gasteiger partial charge < -0.3 is 18.8 Å². The van der Waals surface area contributed by atoms with Crippen LogP contribution in [-0.2, 0) is 9.16 Å². The predicted molar refractivity (Wildman–Crippen MR) is 176 cm³/mol. The second-order valence-electron chi connectivity index (χ2n) is 14.6. The average Bonchev–Trinajstić information content (AvgIpc) is 3.61. The number of hydrogen-bond donors (Lipinski definition) is 0. The van der Waals surface area contributed by atoms with E-state index in [1.807, 2.05) is 25.3 Å². The van der Waals surface area contributed by atoms with Crippen LogP contribution in [-0.4, -0.2) is 80.4 Å². The number of ether oxygens (including phenoxy) is 2. The van der Waals surface area contributed by atoms with E-state index in [9.17, 15) is 9.18 Å². The molecule has 4 aromatic rings. The summed E-state index contributed by atoms with van der Waals surface area (Å²) in [4.78, 5) is 18.3. The number of rotatable bonds is 8. The predicted octanol–water partition coefficient (Wildman–Crippen LogP) is 7.10. The van der Waals surface area contributed by atoms with Gasteiger partial charge in [-0.25, -0.2) is 22.8 Å². The molecule has 0 aliphatic carbocycles. The fourth-order valence-electron chi connectivity index (χ4n) is 5.21. The Labute approximate surface area is 275 Å². The highest BCUT2D eigenvalue weighted by Crippen LogP contribution is 2.38. The molecule has 1 saturated heterocycles. The van der Waals surface area contributed by atoms with Gasteiger partial charge in [-0.3, -0.25) is 4.98 Å². The third-order valence-electron chi connectivity index (χ3n) is 8.90. The smallest absolute Gasteiger partial charge is 0.410 e. The maximum atomic E-state index is 15.5. The van der Waals surface area contributed by atoms with Gasteiger partial charge in [0.2, 0.25) is 0 Å². The number of piperidine rings is 1. The van der Waals surface area contributed by atoms with Crippen molar-refractivity contribution in [3.8, 4) is 17.0 Å². The van der Waals surface area contributed by atoms with Gasteiger partial charge in [0.05, 0.1) is 43.0 Å². The van der Waals surface area contributed by atoms with Gasteiger partial charge in [0, 0.05) is 18.3 Å². The lowest BCUT2D eigenvalue weighted by molar-refractivity contribution is 0.00546. The Hall–Kier alpha value is -3.91. The minimum atomic E-state index is -2.16. The van der Waals surface area contributed by atoms with Crippen LogP contribution < -0.4 is 4.74 Å². The molecule has 5 rings (SSSR count). The minimum Gasteiger partial charge on any atom is -0.479 e. The number of carbonyl (C=O) groups excluding carboxylic acids is 1. The summed E-state index contributed by atoms with van der Waals surface area (Å²) in [7, 11) is -2.16. The summed E-state index contributed by atoms with van der Waals surface area (Å²) >= 11 is 0. The molecule has 5 heterocycles. The molecule has 1 unspecified atom stereocenters. The fraction of sp³-hybridized carbons (Fsp3) is 0.545. The number of amides is 1. The van der Waals surface area contributed by atoms with Crippen LogP contribution >= 0.6 is 0 Å². The SMILES string of the molecule is Cc1c(-c2cc(OC(CO[Si](C)(C)C(C)(C)C)c3ccc(F)cn3)c3ccnn3c2)nnn1[C@@H]1CCN(C(=O)OC(C)(C)C)C[C@@H]1F. The quantitative estimate of drug-likeness (QED) is 0.183. The Morgan fingerprint density at radius 3 is 2.53 bits per heavy atom. The summed E-state index contributed by atoms with van der Waals surface area (Å²) in [5, 5.41) is 13.2. The maximum absolute atomic E-state index is 15.5. The maximum Gasteiger partial charge on any atom is 0.410 e. The molecule has 0 radical (unpaired) electrons. The van der Waals surface area contributed by atoms with Crippen LogP contribution in [0.2, 0.25) is 18.1 Å². The summed E-state index contributed by atoms with van der Waals surface area (Å²) in [6.45, 7) is 18.5. The molecular weight excluding hydrogens is 624 g/mol. The van der Waals surface area contributed by atoms with Crippen LogP contribution in [0.1, 0.15) is 71.5 Å². The van der Waals surface area contributed by atoms with Crippen molar-refractivity contribution in [2.45, 2.75) is 96.9 Å².